The van der Waals surface area contributed by atoms with E-state index in [0.29, 0.717) is 18.5 Å². The van der Waals surface area contributed by atoms with E-state index in [1.807, 2.05) is 25.1 Å². The molecule has 2 aromatic rings. The molecule has 1 aliphatic heterocycles. The molecule has 2 amide bonds. The lowest BCUT2D eigenvalue weighted by Crippen LogP contribution is -2.32. The fourth-order valence-electron chi connectivity index (χ4n) is 2.87. The van der Waals surface area contributed by atoms with E-state index in [0.717, 1.165) is 22.6 Å². The van der Waals surface area contributed by atoms with Crippen LogP contribution in [0.4, 0.5) is 0 Å². The first-order valence-electron chi connectivity index (χ1n) is 8.86. The average Bonchev–Trinajstić information content (AvgIpc) is 3.20. The molecule has 2 N–H and O–H groups in total. The fourth-order valence-corrected chi connectivity index (χ4v) is 2.87. The Kier molecular flexibility index (Phi) is 5.88. The second-order valence-corrected chi connectivity index (χ2v) is 6.38. The van der Waals surface area contributed by atoms with Crippen LogP contribution in [-0.4, -0.2) is 49.3 Å². The molecule has 0 spiro atoms. The predicted octanol–water partition coefficient (Wildman–Crippen LogP) is 1.68. The number of aromatic nitrogens is 1. The van der Waals surface area contributed by atoms with Gasteiger partial charge in [-0.3, -0.25) is 14.6 Å². The predicted molar refractivity (Wildman–Crippen MR) is 104 cm³/mol. The number of nitrogens with zero attached hydrogens (tertiary/aromatic N) is 2. The Hall–Kier alpha value is -3.42. The molecular formula is C20H22N4O4. The molecule has 28 heavy (non-hydrogen) atoms. The Morgan fingerprint density at radius 2 is 2.07 bits per heavy atom. The molecule has 3 rings (SSSR count). The van der Waals surface area contributed by atoms with Crippen molar-refractivity contribution in [3.05, 3.63) is 58.9 Å². The van der Waals surface area contributed by atoms with Crippen molar-refractivity contribution in [1.82, 2.24) is 15.6 Å². The Morgan fingerprint density at radius 3 is 2.71 bits per heavy atom. The Morgan fingerprint density at radius 1 is 1.25 bits per heavy atom. The molecule has 1 aromatic carbocycles. The van der Waals surface area contributed by atoms with Gasteiger partial charge in [0.25, 0.3) is 11.8 Å². The van der Waals surface area contributed by atoms with E-state index in [-0.39, 0.29) is 23.6 Å². The molecule has 8 nitrogen and oxygen atoms in total. The van der Waals surface area contributed by atoms with Crippen molar-refractivity contribution in [1.29, 1.82) is 0 Å². The second kappa shape index (κ2) is 8.51. The summed E-state index contributed by atoms with van der Waals surface area (Å²) in [5.41, 5.74) is 3.46. The normalized spacial score (nSPS) is 15.4. The number of pyridine rings is 1. The van der Waals surface area contributed by atoms with Crippen molar-refractivity contribution in [2.45, 2.75) is 19.4 Å². The highest BCUT2D eigenvalue weighted by Gasteiger charge is 2.23. The number of rotatable bonds is 6. The molecular weight excluding hydrogens is 360 g/mol. The maximum Gasteiger partial charge on any atom is 0.269 e. The first-order chi connectivity index (χ1) is 13.5. The molecule has 0 bridgehead atoms. The number of amides is 2. The largest absolute Gasteiger partial charge is 0.496 e. The van der Waals surface area contributed by atoms with Gasteiger partial charge in [0.1, 0.15) is 17.5 Å². The van der Waals surface area contributed by atoms with Gasteiger partial charge in [-0.2, -0.15) is 0 Å². The van der Waals surface area contributed by atoms with Crippen molar-refractivity contribution < 1.29 is 19.2 Å². The highest BCUT2D eigenvalue weighted by atomic mass is 16.6. The van der Waals surface area contributed by atoms with Gasteiger partial charge >= 0.3 is 0 Å². The second-order valence-electron chi connectivity index (χ2n) is 6.38. The smallest absolute Gasteiger partial charge is 0.269 e. The molecule has 2 heterocycles. The first kappa shape index (κ1) is 19.3. The zero-order valence-corrected chi connectivity index (χ0v) is 16.0. The van der Waals surface area contributed by atoms with Gasteiger partial charge in [0.2, 0.25) is 0 Å². The third-order valence-electron chi connectivity index (χ3n) is 4.44. The van der Waals surface area contributed by atoms with Crippen molar-refractivity contribution in [3.8, 4) is 5.75 Å². The number of methoxy groups -OCH3 is 1. The van der Waals surface area contributed by atoms with Crippen LogP contribution >= 0.6 is 0 Å². The highest BCUT2D eigenvalue weighted by Crippen LogP contribution is 2.22. The van der Waals surface area contributed by atoms with Gasteiger partial charge in [-0.05, 0) is 48.4 Å². The topological polar surface area (TPSA) is 102 Å². The van der Waals surface area contributed by atoms with Crippen LogP contribution in [0.1, 0.15) is 38.4 Å². The molecule has 0 fully saturated rings. The average molecular weight is 382 g/mol. The number of carbonyl (C=O) groups excluding carboxylic acids is 2. The highest BCUT2D eigenvalue weighted by molar-refractivity contribution is 6.01. The summed E-state index contributed by atoms with van der Waals surface area (Å²) in [7, 11) is 3.16. The van der Waals surface area contributed by atoms with Gasteiger partial charge in [0.15, 0.2) is 0 Å². The number of oxime groups is 1. The first-order valence-corrected chi connectivity index (χ1v) is 8.86. The van der Waals surface area contributed by atoms with Gasteiger partial charge in [0, 0.05) is 19.7 Å². The summed E-state index contributed by atoms with van der Waals surface area (Å²) in [6, 6.07) is 8.91. The molecule has 1 unspecified atom stereocenters. The van der Waals surface area contributed by atoms with Crippen LogP contribution in [0.3, 0.4) is 0 Å². The van der Waals surface area contributed by atoms with E-state index in [4.69, 9.17) is 9.57 Å². The summed E-state index contributed by atoms with van der Waals surface area (Å²) in [6.45, 7) is 2.29. The monoisotopic (exact) mass is 382 g/mol. The number of benzene rings is 1. The number of hydrogen-bond donors (Lipinski definition) is 2. The zero-order chi connectivity index (χ0) is 20.1. The van der Waals surface area contributed by atoms with Crippen molar-refractivity contribution >= 4 is 17.5 Å². The molecule has 0 saturated carbocycles. The summed E-state index contributed by atoms with van der Waals surface area (Å²) < 4.78 is 5.27. The maximum absolute atomic E-state index is 12.3. The van der Waals surface area contributed by atoms with E-state index in [2.05, 4.69) is 20.8 Å². The SMILES string of the molecule is CNC(=O)c1ccc(C(=O)NCC2CC(c3ccc(OC)c(C)c3)=NO2)cn1. The van der Waals surface area contributed by atoms with Gasteiger partial charge in [-0.25, -0.2) is 0 Å². The van der Waals surface area contributed by atoms with Gasteiger partial charge in [-0.15, -0.1) is 0 Å². The zero-order valence-electron chi connectivity index (χ0n) is 16.0. The van der Waals surface area contributed by atoms with E-state index in [1.54, 1.807) is 13.2 Å². The summed E-state index contributed by atoms with van der Waals surface area (Å²) in [4.78, 5) is 33.2. The standard InChI is InChI=1S/C20H22N4O4/c1-12-8-13(5-7-18(12)27-3)17-9-15(28-24-17)11-23-19(25)14-4-6-16(22-10-14)20(26)21-2/h4-8,10,15H,9,11H2,1-3H3,(H,21,26)(H,23,25). The number of aryl methyl sites for hydroxylation is 1. The Bertz CT molecular complexity index is 909. The molecule has 8 heteroatoms. The minimum atomic E-state index is -0.301. The summed E-state index contributed by atoms with van der Waals surface area (Å²) in [5, 5.41) is 9.43. The van der Waals surface area contributed by atoms with Crippen LogP contribution in [0, 0.1) is 6.92 Å². The molecule has 0 aliphatic carbocycles. The minimum absolute atomic E-state index is 0.237. The summed E-state index contributed by atoms with van der Waals surface area (Å²) >= 11 is 0. The fraction of sp³-hybridized carbons (Fsp3) is 0.300. The van der Waals surface area contributed by atoms with Gasteiger partial charge < -0.3 is 20.2 Å². The van der Waals surface area contributed by atoms with E-state index in [1.165, 1.54) is 19.3 Å². The molecule has 146 valence electrons. The van der Waals surface area contributed by atoms with Crippen LogP contribution in [0.25, 0.3) is 0 Å². The van der Waals surface area contributed by atoms with E-state index in [9.17, 15) is 9.59 Å². The lowest BCUT2D eigenvalue weighted by atomic mass is 10.0. The quantitative estimate of drug-likeness (QED) is 0.791. The number of nitrogens with one attached hydrogen (secondary N) is 2. The molecule has 0 radical (unpaired) electrons. The Labute approximate surface area is 162 Å². The lowest BCUT2D eigenvalue weighted by molar-refractivity contribution is 0.0753. The van der Waals surface area contributed by atoms with Crippen molar-refractivity contribution in [2.75, 3.05) is 20.7 Å². The van der Waals surface area contributed by atoms with Crippen LogP contribution in [0.5, 0.6) is 5.75 Å². The third-order valence-corrected chi connectivity index (χ3v) is 4.44. The van der Waals surface area contributed by atoms with Crippen LogP contribution < -0.4 is 15.4 Å². The van der Waals surface area contributed by atoms with E-state index >= 15 is 0 Å². The third kappa shape index (κ3) is 4.28. The lowest BCUT2D eigenvalue weighted by Gasteiger charge is -2.10. The summed E-state index contributed by atoms with van der Waals surface area (Å²) in [5.74, 6) is 0.237. The number of hydrogen-bond acceptors (Lipinski definition) is 6. The molecule has 1 atom stereocenters. The van der Waals surface area contributed by atoms with Crippen LogP contribution in [0.15, 0.2) is 41.7 Å². The number of carbonyl (C=O) groups is 2. The van der Waals surface area contributed by atoms with Gasteiger partial charge in [0.05, 0.1) is 24.9 Å². The molecule has 0 saturated heterocycles. The van der Waals surface area contributed by atoms with Crippen molar-refractivity contribution in [3.63, 3.8) is 0 Å². The Balaban J connectivity index is 1.53. The number of ether oxygens (including phenoxy) is 1. The van der Waals surface area contributed by atoms with Gasteiger partial charge in [-0.1, -0.05) is 5.16 Å². The van der Waals surface area contributed by atoms with Crippen LogP contribution in [0.2, 0.25) is 0 Å². The van der Waals surface area contributed by atoms with Crippen LogP contribution in [-0.2, 0) is 4.84 Å². The van der Waals surface area contributed by atoms with Crippen molar-refractivity contribution in [2.24, 2.45) is 5.16 Å². The molecule has 1 aromatic heterocycles. The van der Waals surface area contributed by atoms with E-state index < -0.39 is 0 Å². The minimum Gasteiger partial charge on any atom is -0.496 e. The maximum atomic E-state index is 12.3. The molecule has 1 aliphatic rings. The summed E-state index contributed by atoms with van der Waals surface area (Å²) in [6.07, 6.45) is 1.73.